The zero-order valence-corrected chi connectivity index (χ0v) is 9.95. The van der Waals surface area contributed by atoms with Gasteiger partial charge >= 0.3 is 11.9 Å². The predicted molar refractivity (Wildman–Crippen MR) is 57.6 cm³/mol. The largest absolute Gasteiger partial charge is 0.486 e. The van der Waals surface area contributed by atoms with Gasteiger partial charge in [-0.15, -0.1) is 0 Å². The first-order valence-electron chi connectivity index (χ1n) is 5.34. The number of ether oxygens (including phenoxy) is 3. The molecule has 0 heterocycles. The lowest BCUT2D eigenvalue weighted by Gasteiger charge is -2.08. The molecule has 0 aromatic rings. The fourth-order valence-electron chi connectivity index (χ4n) is 0.865. The van der Waals surface area contributed by atoms with Crippen LogP contribution in [0, 0.1) is 0 Å². The van der Waals surface area contributed by atoms with Gasteiger partial charge in [0.15, 0.2) is 0 Å². The molecule has 0 aliphatic heterocycles. The second kappa shape index (κ2) is 8.76. The number of carbonyl (C=O) groups is 2. The number of carbonyl (C=O) groups excluding carboxylic acids is 2. The smallest absolute Gasteiger partial charge is 0.373 e. The minimum absolute atomic E-state index is 0.109. The molecule has 5 nitrogen and oxygen atoms in total. The van der Waals surface area contributed by atoms with E-state index in [2.05, 4.69) is 4.74 Å². The average Bonchev–Trinajstić information content (AvgIpc) is 2.24. The van der Waals surface area contributed by atoms with Gasteiger partial charge in [-0.2, -0.15) is 0 Å². The molecule has 0 N–H and O–H groups in total. The second-order valence-corrected chi connectivity index (χ2v) is 2.83. The lowest BCUT2D eigenvalue weighted by molar-refractivity contribution is -0.144. The van der Waals surface area contributed by atoms with E-state index in [9.17, 15) is 9.59 Å². The Balaban J connectivity index is 4.51. The van der Waals surface area contributed by atoms with Gasteiger partial charge in [-0.3, -0.25) is 0 Å². The van der Waals surface area contributed by atoms with Gasteiger partial charge in [-0.1, -0.05) is 6.92 Å². The number of hydrogen-bond acceptors (Lipinski definition) is 5. The second-order valence-electron chi connectivity index (χ2n) is 2.83. The molecule has 0 radical (unpaired) electrons. The van der Waals surface area contributed by atoms with E-state index in [0.717, 1.165) is 12.5 Å². The molecule has 0 aromatic carbocycles. The summed E-state index contributed by atoms with van der Waals surface area (Å²) in [6.07, 6.45) is 1.75. The van der Waals surface area contributed by atoms with Crippen LogP contribution in [0.15, 0.2) is 11.8 Å². The molecule has 0 spiro atoms. The highest BCUT2D eigenvalue weighted by Crippen LogP contribution is 2.03. The van der Waals surface area contributed by atoms with E-state index in [4.69, 9.17) is 9.47 Å². The molecule has 0 rings (SSSR count). The molecule has 0 saturated carbocycles. The molecule has 92 valence electrons. The highest BCUT2D eigenvalue weighted by atomic mass is 16.6. The van der Waals surface area contributed by atoms with Crippen molar-refractivity contribution in [1.82, 2.24) is 0 Å². The Morgan fingerprint density at radius 2 is 1.62 bits per heavy atom. The molecule has 16 heavy (non-hydrogen) atoms. The molecular formula is C11H18O5. The lowest BCUT2D eigenvalue weighted by atomic mass is 10.4. The van der Waals surface area contributed by atoms with Crippen molar-refractivity contribution in [1.29, 1.82) is 0 Å². The Bertz CT molecular complexity index is 257. The van der Waals surface area contributed by atoms with E-state index >= 15 is 0 Å². The fourth-order valence-corrected chi connectivity index (χ4v) is 0.865. The third kappa shape index (κ3) is 6.06. The third-order valence-electron chi connectivity index (χ3n) is 1.47. The van der Waals surface area contributed by atoms with Gasteiger partial charge in [0, 0.05) is 0 Å². The van der Waals surface area contributed by atoms with Crippen LogP contribution in [0.25, 0.3) is 0 Å². The predicted octanol–water partition coefficient (Wildman–Crippen LogP) is 1.42. The fraction of sp³-hybridized carbons (Fsp3) is 0.636. The normalized spacial score (nSPS) is 10.8. The van der Waals surface area contributed by atoms with Crippen LogP contribution in [0.5, 0.6) is 0 Å². The van der Waals surface area contributed by atoms with Crippen molar-refractivity contribution < 1.29 is 23.8 Å². The Kier molecular flexibility index (Phi) is 7.93. The highest BCUT2D eigenvalue weighted by molar-refractivity contribution is 5.94. The minimum atomic E-state index is -0.649. The summed E-state index contributed by atoms with van der Waals surface area (Å²) in [4.78, 5) is 22.5. The summed E-state index contributed by atoms with van der Waals surface area (Å²) in [5, 5.41) is 0. The van der Waals surface area contributed by atoms with Crippen LogP contribution >= 0.6 is 0 Å². The Morgan fingerprint density at radius 3 is 2.12 bits per heavy atom. The summed E-state index contributed by atoms with van der Waals surface area (Å²) in [6.45, 7) is 6.09. The summed E-state index contributed by atoms with van der Waals surface area (Å²) < 4.78 is 14.5. The first kappa shape index (κ1) is 14.5. The van der Waals surface area contributed by atoms with E-state index in [1.54, 1.807) is 13.8 Å². The molecule has 5 heteroatoms. The molecule has 0 aliphatic carbocycles. The number of esters is 2. The van der Waals surface area contributed by atoms with Crippen molar-refractivity contribution >= 4 is 11.9 Å². The molecule has 0 aromatic heterocycles. The van der Waals surface area contributed by atoms with Crippen molar-refractivity contribution in [3.63, 3.8) is 0 Å². The molecule has 0 fully saturated rings. The van der Waals surface area contributed by atoms with Gasteiger partial charge in [0.1, 0.15) is 0 Å². The zero-order chi connectivity index (χ0) is 12.4. The Labute approximate surface area is 95.4 Å². The third-order valence-corrected chi connectivity index (χ3v) is 1.47. The van der Waals surface area contributed by atoms with Gasteiger partial charge < -0.3 is 14.2 Å². The molecule has 0 atom stereocenters. The summed E-state index contributed by atoms with van der Waals surface area (Å²) in [7, 11) is 0. The van der Waals surface area contributed by atoms with Crippen LogP contribution in [0.1, 0.15) is 27.2 Å². The van der Waals surface area contributed by atoms with E-state index in [1.807, 2.05) is 6.92 Å². The zero-order valence-electron chi connectivity index (χ0n) is 9.95. The number of rotatable bonds is 7. The average molecular weight is 230 g/mol. The highest BCUT2D eigenvalue weighted by Gasteiger charge is 2.14. The topological polar surface area (TPSA) is 61.8 Å². The van der Waals surface area contributed by atoms with Crippen LogP contribution < -0.4 is 0 Å². The van der Waals surface area contributed by atoms with E-state index in [1.165, 1.54) is 0 Å². The van der Waals surface area contributed by atoms with Crippen molar-refractivity contribution in [2.24, 2.45) is 0 Å². The summed E-state index contributed by atoms with van der Waals surface area (Å²) in [5.41, 5.74) is 0. The molecule has 0 saturated heterocycles. The first-order valence-corrected chi connectivity index (χ1v) is 5.34. The van der Waals surface area contributed by atoms with E-state index in [0.29, 0.717) is 6.61 Å². The van der Waals surface area contributed by atoms with Crippen LogP contribution in [0.2, 0.25) is 0 Å². The molecule has 0 bridgehead atoms. The number of hydrogen-bond donors (Lipinski definition) is 0. The maximum absolute atomic E-state index is 11.4. The molecule has 0 amide bonds. The molecular weight excluding hydrogens is 212 g/mol. The van der Waals surface area contributed by atoms with Crippen molar-refractivity contribution in [2.45, 2.75) is 27.2 Å². The summed E-state index contributed by atoms with van der Waals surface area (Å²) in [6, 6.07) is 0. The van der Waals surface area contributed by atoms with Gasteiger partial charge in [0.25, 0.3) is 0 Å². The van der Waals surface area contributed by atoms with E-state index in [-0.39, 0.29) is 19.0 Å². The molecule has 0 aliphatic rings. The van der Waals surface area contributed by atoms with Crippen molar-refractivity contribution in [3.05, 3.63) is 11.8 Å². The van der Waals surface area contributed by atoms with Crippen LogP contribution in [-0.2, 0) is 23.8 Å². The maximum Gasteiger partial charge on any atom is 0.373 e. The Morgan fingerprint density at radius 1 is 1.00 bits per heavy atom. The molecule has 0 unspecified atom stereocenters. The van der Waals surface area contributed by atoms with Gasteiger partial charge in [0.2, 0.25) is 5.76 Å². The van der Waals surface area contributed by atoms with Crippen LogP contribution in [0.4, 0.5) is 0 Å². The summed E-state index contributed by atoms with van der Waals surface area (Å²) in [5.74, 6) is -1.37. The van der Waals surface area contributed by atoms with Gasteiger partial charge in [0.05, 0.1) is 25.9 Å². The minimum Gasteiger partial charge on any atom is -0.486 e. The summed E-state index contributed by atoms with van der Waals surface area (Å²) >= 11 is 0. The van der Waals surface area contributed by atoms with E-state index < -0.39 is 11.9 Å². The van der Waals surface area contributed by atoms with Crippen molar-refractivity contribution in [3.8, 4) is 0 Å². The lowest BCUT2D eigenvalue weighted by Crippen LogP contribution is -2.14. The van der Waals surface area contributed by atoms with Crippen molar-refractivity contribution in [2.75, 3.05) is 19.8 Å². The Hall–Kier alpha value is -1.52. The van der Waals surface area contributed by atoms with Crippen LogP contribution in [-0.4, -0.2) is 31.8 Å². The van der Waals surface area contributed by atoms with Gasteiger partial charge in [-0.05, 0) is 20.3 Å². The van der Waals surface area contributed by atoms with Crippen LogP contribution in [0.3, 0.4) is 0 Å². The SMILES string of the molecule is CCCO/C(=C/C(=O)OCC)C(=O)OCC. The quantitative estimate of drug-likeness (QED) is 0.376. The monoisotopic (exact) mass is 230 g/mol. The van der Waals surface area contributed by atoms with Gasteiger partial charge in [-0.25, -0.2) is 9.59 Å². The standard InChI is InChI=1S/C11H18O5/c1-4-7-16-9(11(13)15-6-3)8-10(12)14-5-2/h8H,4-7H2,1-3H3/b9-8+. The maximum atomic E-state index is 11.4. The first-order chi connectivity index (χ1) is 7.65.